The molecule has 0 aliphatic carbocycles. The molecule has 0 radical (unpaired) electrons. The Hall–Kier alpha value is -1.44. The number of aliphatic hydroxyl groups is 1. The highest BCUT2D eigenvalue weighted by Crippen LogP contribution is 2.20. The lowest BCUT2D eigenvalue weighted by Gasteiger charge is -2.37. The number of aliphatic hydroxyl groups excluding tert-OH is 1. The van der Waals surface area contributed by atoms with Crippen LogP contribution in [0, 0.1) is 0 Å². The fourth-order valence-electron chi connectivity index (χ4n) is 2.20. The summed E-state index contributed by atoms with van der Waals surface area (Å²) in [6, 6.07) is 2.83. The van der Waals surface area contributed by atoms with Gasteiger partial charge in [-0.1, -0.05) is 6.07 Å². The molecule has 2 rings (SSSR count). The number of thiophene rings is 1. The van der Waals surface area contributed by atoms with Gasteiger partial charge in [-0.05, 0) is 31.2 Å². The number of ether oxygens (including phenoxy) is 1. The van der Waals surface area contributed by atoms with Gasteiger partial charge in [0.05, 0.1) is 17.0 Å². The van der Waals surface area contributed by atoms with Gasteiger partial charge in [0.2, 0.25) is 5.91 Å². The molecular formula is C14H20N2O4S. The molecule has 1 aliphatic rings. The molecule has 1 unspecified atom stereocenters. The van der Waals surface area contributed by atoms with Crippen LogP contribution in [0.5, 0.6) is 0 Å². The summed E-state index contributed by atoms with van der Waals surface area (Å²) in [4.78, 5) is 24.7. The van der Waals surface area contributed by atoms with Crippen molar-refractivity contribution in [1.29, 1.82) is 0 Å². The minimum absolute atomic E-state index is 0.131. The summed E-state index contributed by atoms with van der Waals surface area (Å²) in [6.07, 6.45) is 1.14. The van der Waals surface area contributed by atoms with Crippen LogP contribution in [0.1, 0.15) is 29.4 Å². The van der Waals surface area contributed by atoms with E-state index in [9.17, 15) is 14.7 Å². The van der Waals surface area contributed by atoms with Crippen LogP contribution >= 0.6 is 11.3 Å². The summed E-state index contributed by atoms with van der Waals surface area (Å²) in [5.41, 5.74) is -0.642. The van der Waals surface area contributed by atoms with Gasteiger partial charge in [0, 0.05) is 13.2 Å². The first-order valence-electron chi connectivity index (χ1n) is 6.91. The van der Waals surface area contributed by atoms with Crippen molar-refractivity contribution < 1.29 is 19.4 Å². The molecule has 21 heavy (non-hydrogen) atoms. The minimum atomic E-state index is -0.661. The number of hydrogen-bond donors (Lipinski definition) is 3. The third-order valence-corrected chi connectivity index (χ3v) is 4.50. The van der Waals surface area contributed by atoms with Crippen LogP contribution in [-0.2, 0) is 9.53 Å². The highest BCUT2D eigenvalue weighted by molar-refractivity contribution is 7.12. The maximum Gasteiger partial charge on any atom is 0.261 e. The quantitative estimate of drug-likeness (QED) is 0.740. The normalized spacial score (nSPS) is 18.8. The molecule has 6 nitrogen and oxygen atoms in total. The van der Waals surface area contributed by atoms with Crippen molar-refractivity contribution in [3.63, 3.8) is 0 Å². The van der Waals surface area contributed by atoms with Gasteiger partial charge in [0.25, 0.3) is 5.91 Å². The van der Waals surface area contributed by atoms with E-state index in [2.05, 4.69) is 10.6 Å². The lowest BCUT2D eigenvalue weighted by atomic mass is 9.90. The van der Waals surface area contributed by atoms with E-state index in [-0.39, 0.29) is 18.4 Å². The third kappa shape index (κ3) is 4.03. The van der Waals surface area contributed by atoms with E-state index < -0.39 is 11.6 Å². The van der Waals surface area contributed by atoms with Gasteiger partial charge in [-0.2, -0.15) is 0 Å². The molecule has 0 saturated carbocycles. The summed E-state index contributed by atoms with van der Waals surface area (Å²) < 4.78 is 5.25. The first-order chi connectivity index (χ1) is 10.1. The largest absolute Gasteiger partial charge is 0.394 e. The van der Waals surface area contributed by atoms with Crippen molar-refractivity contribution in [2.24, 2.45) is 0 Å². The Morgan fingerprint density at radius 3 is 2.76 bits per heavy atom. The smallest absolute Gasteiger partial charge is 0.261 e. The molecule has 1 aliphatic heterocycles. The van der Waals surface area contributed by atoms with Crippen LogP contribution in [0.3, 0.4) is 0 Å². The molecule has 1 aromatic rings. The second kappa shape index (κ2) is 7.02. The fourth-order valence-corrected chi connectivity index (χ4v) is 2.82. The molecule has 0 aromatic carbocycles. The number of carbonyl (C=O) groups is 2. The number of carbonyl (C=O) groups excluding carboxylic acids is 2. The maximum absolute atomic E-state index is 12.2. The molecule has 0 bridgehead atoms. The van der Waals surface area contributed by atoms with E-state index in [4.69, 9.17) is 4.74 Å². The Morgan fingerprint density at radius 2 is 2.19 bits per heavy atom. The average Bonchev–Trinajstić information content (AvgIpc) is 3.02. The number of rotatable bonds is 5. The van der Waals surface area contributed by atoms with Gasteiger partial charge in [0.15, 0.2) is 0 Å². The summed E-state index contributed by atoms with van der Waals surface area (Å²) in [5, 5.41) is 16.9. The number of nitrogens with one attached hydrogen (secondary N) is 2. The van der Waals surface area contributed by atoms with Crippen molar-refractivity contribution in [2.75, 3.05) is 19.8 Å². The molecule has 116 valence electrons. The second-order valence-corrected chi connectivity index (χ2v) is 6.16. The Morgan fingerprint density at radius 1 is 1.48 bits per heavy atom. The van der Waals surface area contributed by atoms with E-state index in [1.54, 1.807) is 19.1 Å². The zero-order chi connectivity index (χ0) is 15.3. The van der Waals surface area contributed by atoms with E-state index in [1.165, 1.54) is 11.3 Å². The molecule has 0 spiro atoms. The van der Waals surface area contributed by atoms with Gasteiger partial charge in [-0.15, -0.1) is 11.3 Å². The van der Waals surface area contributed by atoms with Crippen LogP contribution in [-0.4, -0.2) is 48.3 Å². The molecule has 2 heterocycles. The third-order valence-electron chi connectivity index (χ3n) is 3.63. The monoisotopic (exact) mass is 312 g/mol. The zero-order valence-electron chi connectivity index (χ0n) is 11.9. The van der Waals surface area contributed by atoms with E-state index >= 15 is 0 Å². The van der Waals surface area contributed by atoms with Crippen molar-refractivity contribution in [3.8, 4) is 0 Å². The summed E-state index contributed by atoms with van der Waals surface area (Å²) >= 11 is 1.32. The van der Waals surface area contributed by atoms with Gasteiger partial charge in [0.1, 0.15) is 6.04 Å². The molecule has 2 amide bonds. The molecule has 1 atom stereocenters. The number of hydrogen-bond acceptors (Lipinski definition) is 5. The van der Waals surface area contributed by atoms with Crippen molar-refractivity contribution in [1.82, 2.24) is 10.6 Å². The van der Waals surface area contributed by atoms with E-state index in [0.717, 1.165) is 0 Å². The molecule has 1 fully saturated rings. The molecular weight excluding hydrogens is 292 g/mol. The van der Waals surface area contributed by atoms with E-state index in [1.807, 2.05) is 5.38 Å². The summed E-state index contributed by atoms with van der Waals surface area (Å²) in [6.45, 7) is 2.52. The Bertz CT molecular complexity index is 483. The summed E-state index contributed by atoms with van der Waals surface area (Å²) in [5.74, 6) is -0.562. The molecule has 1 saturated heterocycles. The average molecular weight is 312 g/mol. The standard InChI is InChI=1S/C14H20N2O4S/c1-10(15-13(19)11-3-2-8-21-11)12(18)16-14(9-17)4-6-20-7-5-14/h2-3,8,10,17H,4-7,9H2,1H3,(H,15,19)(H,16,18). The van der Waals surface area contributed by atoms with Crippen LogP contribution in [0.15, 0.2) is 17.5 Å². The predicted octanol–water partition coefficient (Wildman–Crippen LogP) is 0.524. The SMILES string of the molecule is CC(NC(=O)c1cccs1)C(=O)NC1(CO)CCOCC1. The van der Waals surface area contributed by atoms with Crippen LogP contribution in [0.2, 0.25) is 0 Å². The predicted molar refractivity (Wildman–Crippen MR) is 79.3 cm³/mol. The van der Waals surface area contributed by atoms with Crippen LogP contribution in [0.25, 0.3) is 0 Å². The van der Waals surface area contributed by atoms with Crippen molar-refractivity contribution >= 4 is 23.2 Å². The first kappa shape index (κ1) is 15.9. The Balaban J connectivity index is 1.91. The summed E-state index contributed by atoms with van der Waals surface area (Å²) in [7, 11) is 0. The lowest BCUT2D eigenvalue weighted by molar-refractivity contribution is -0.126. The minimum Gasteiger partial charge on any atom is -0.394 e. The maximum atomic E-state index is 12.2. The molecule has 7 heteroatoms. The van der Waals surface area contributed by atoms with Crippen molar-refractivity contribution in [2.45, 2.75) is 31.3 Å². The first-order valence-corrected chi connectivity index (χ1v) is 7.79. The van der Waals surface area contributed by atoms with Gasteiger partial charge in [-0.3, -0.25) is 9.59 Å². The second-order valence-electron chi connectivity index (χ2n) is 5.21. The van der Waals surface area contributed by atoms with E-state index in [0.29, 0.717) is 30.9 Å². The molecule has 3 N–H and O–H groups in total. The topological polar surface area (TPSA) is 87.7 Å². The van der Waals surface area contributed by atoms with Crippen molar-refractivity contribution in [3.05, 3.63) is 22.4 Å². The van der Waals surface area contributed by atoms with Gasteiger partial charge >= 0.3 is 0 Å². The number of amides is 2. The van der Waals surface area contributed by atoms with Crippen LogP contribution in [0.4, 0.5) is 0 Å². The Kier molecular flexibility index (Phi) is 5.33. The zero-order valence-corrected chi connectivity index (χ0v) is 12.7. The Labute approximate surface area is 127 Å². The highest BCUT2D eigenvalue weighted by Gasteiger charge is 2.34. The van der Waals surface area contributed by atoms with Gasteiger partial charge in [-0.25, -0.2) is 0 Å². The van der Waals surface area contributed by atoms with Gasteiger partial charge < -0.3 is 20.5 Å². The lowest BCUT2D eigenvalue weighted by Crippen LogP contribution is -2.58. The van der Waals surface area contributed by atoms with Crippen LogP contribution < -0.4 is 10.6 Å². The fraction of sp³-hybridized carbons (Fsp3) is 0.571. The highest BCUT2D eigenvalue weighted by atomic mass is 32.1. The molecule has 1 aromatic heterocycles.